The van der Waals surface area contributed by atoms with E-state index in [2.05, 4.69) is 11.8 Å². The summed E-state index contributed by atoms with van der Waals surface area (Å²) in [6.45, 7) is 4.33. The molecule has 1 atom stereocenters. The number of carboxylic acids is 1. The van der Waals surface area contributed by atoms with E-state index in [4.69, 9.17) is 5.11 Å². The number of likely N-dealkylation sites (tertiary alicyclic amines) is 1. The van der Waals surface area contributed by atoms with Crippen molar-refractivity contribution in [3.05, 3.63) is 35.4 Å². The van der Waals surface area contributed by atoms with Crippen LogP contribution in [0.25, 0.3) is 0 Å². The summed E-state index contributed by atoms with van der Waals surface area (Å²) in [6, 6.07) is 7.93. The third kappa shape index (κ3) is 2.25. The molecule has 0 aliphatic carbocycles. The lowest BCUT2D eigenvalue weighted by atomic mass is 10.0. The highest BCUT2D eigenvalue weighted by atomic mass is 16.4. The van der Waals surface area contributed by atoms with Gasteiger partial charge in [0, 0.05) is 12.6 Å². The second-order valence-electron chi connectivity index (χ2n) is 4.39. The van der Waals surface area contributed by atoms with E-state index in [-0.39, 0.29) is 0 Å². The third-order valence-corrected chi connectivity index (χ3v) is 3.37. The molecule has 1 aromatic rings. The molecule has 1 N–H and O–H groups in total. The van der Waals surface area contributed by atoms with E-state index in [1.54, 1.807) is 12.1 Å². The molecule has 1 fully saturated rings. The number of carbonyl (C=O) groups is 1. The van der Waals surface area contributed by atoms with Crippen LogP contribution in [0, 0.1) is 0 Å². The van der Waals surface area contributed by atoms with Gasteiger partial charge < -0.3 is 10.0 Å². The average Bonchev–Trinajstić information content (AvgIpc) is 2.27. The van der Waals surface area contributed by atoms with Gasteiger partial charge in [0.2, 0.25) is 0 Å². The zero-order valence-corrected chi connectivity index (χ0v) is 9.52. The standard InChI is InChI=1S/C13H17NO2/c1-10-6-8-14(10)9-7-11-4-2-3-5-12(11)13(15)16/h2-5,10H,6-9H2,1H3,(H,15,16). The topological polar surface area (TPSA) is 40.5 Å². The van der Waals surface area contributed by atoms with Gasteiger partial charge in [-0.3, -0.25) is 0 Å². The fourth-order valence-electron chi connectivity index (χ4n) is 2.11. The Bertz CT molecular complexity index is 389. The summed E-state index contributed by atoms with van der Waals surface area (Å²) in [5, 5.41) is 9.04. The first-order valence-corrected chi connectivity index (χ1v) is 5.73. The van der Waals surface area contributed by atoms with Crippen molar-refractivity contribution >= 4 is 5.97 Å². The molecular weight excluding hydrogens is 202 g/mol. The molecule has 1 aliphatic rings. The maximum atomic E-state index is 11.0. The van der Waals surface area contributed by atoms with Crippen molar-refractivity contribution in [2.45, 2.75) is 25.8 Å². The van der Waals surface area contributed by atoms with Gasteiger partial charge in [0.15, 0.2) is 0 Å². The molecule has 1 heterocycles. The molecule has 86 valence electrons. The molecule has 0 saturated carbocycles. The van der Waals surface area contributed by atoms with Crippen molar-refractivity contribution in [1.29, 1.82) is 0 Å². The highest BCUT2D eigenvalue weighted by Gasteiger charge is 2.23. The SMILES string of the molecule is CC1CCN1CCc1ccccc1C(=O)O. The zero-order valence-electron chi connectivity index (χ0n) is 9.52. The molecule has 2 rings (SSSR count). The molecule has 1 aliphatic heterocycles. The lowest BCUT2D eigenvalue weighted by Gasteiger charge is -2.38. The van der Waals surface area contributed by atoms with E-state index >= 15 is 0 Å². The Morgan fingerprint density at radius 3 is 2.81 bits per heavy atom. The largest absolute Gasteiger partial charge is 0.478 e. The third-order valence-electron chi connectivity index (χ3n) is 3.37. The maximum Gasteiger partial charge on any atom is 0.335 e. The van der Waals surface area contributed by atoms with Gasteiger partial charge in [0.1, 0.15) is 0 Å². The summed E-state index contributed by atoms with van der Waals surface area (Å²) in [7, 11) is 0. The van der Waals surface area contributed by atoms with Crippen molar-refractivity contribution < 1.29 is 9.90 Å². The molecule has 0 amide bonds. The summed E-state index contributed by atoms with van der Waals surface area (Å²) in [5.41, 5.74) is 1.38. The Morgan fingerprint density at radius 2 is 2.25 bits per heavy atom. The average molecular weight is 219 g/mol. The lowest BCUT2D eigenvalue weighted by molar-refractivity contribution is 0.0694. The molecule has 3 heteroatoms. The van der Waals surface area contributed by atoms with Gasteiger partial charge in [-0.15, -0.1) is 0 Å². The van der Waals surface area contributed by atoms with E-state index in [0.717, 1.165) is 25.1 Å². The quantitative estimate of drug-likeness (QED) is 0.842. The van der Waals surface area contributed by atoms with Gasteiger partial charge in [-0.2, -0.15) is 0 Å². The first-order valence-electron chi connectivity index (χ1n) is 5.73. The molecule has 0 spiro atoms. The summed E-state index contributed by atoms with van der Waals surface area (Å²) in [4.78, 5) is 13.4. The highest BCUT2D eigenvalue weighted by Crippen LogP contribution is 2.18. The number of nitrogens with zero attached hydrogens (tertiary/aromatic N) is 1. The first-order chi connectivity index (χ1) is 7.68. The molecule has 1 aromatic carbocycles. The number of benzene rings is 1. The zero-order chi connectivity index (χ0) is 11.5. The number of hydrogen-bond acceptors (Lipinski definition) is 2. The van der Waals surface area contributed by atoms with Gasteiger partial charge in [-0.1, -0.05) is 18.2 Å². The maximum absolute atomic E-state index is 11.0. The minimum atomic E-state index is -0.827. The predicted octanol–water partition coefficient (Wildman–Crippen LogP) is 2.02. The Labute approximate surface area is 95.7 Å². The van der Waals surface area contributed by atoms with Crippen LogP contribution in [0.5, 0.6) is 0 Å². The smallest absolute Gasteiger partial charge is 0.335 e. The fraction of sp³-hybridized carbons (Fsp3) is 0.462. The Kier molecular flexibility index (Phi) is 3.25. The normalized spacial score (nSPS) is 20.4. The molecule has 1 saturated heterocycles. The van der Waals surface area contributed by atoms with Crippen molar-refractivity contribution in [1.82, 2.24) is 4.90 Å². The Morgan fingerprint density at radius 1 is 1.50 bits per heavy atom. The van der Waals surface area contributed by atoms with Crippen LogP contribution in [0.1, 0.15) is 29.3 Å². The van der Waals surface area contributed by atoms with Gasteiger partial charge >= 0.3 is 5.97 Å². The van der Waals surface area contributed by atoms with Gasteiger partial charge in [-0.25, -0.2) is 4.79 Å². The van der Waals surface area contributed by atoms with E-state index in [0.29, 0.717) is 11.6 Å². The van der Waals surface area contributed by atoms with E-state index in [9.17, 15) is 4.79 Å². The minimum Gasteiger partial charge on any atom is -0.478 e. The van der Waals surface area contributed by atoms with Gasteiger partial charge in [0.05, 0.1) is 5.56 Å². The second-order valence-corrected chi connectivity index (χ2v) is 4.39. The molecule has 3 nitrogen and oxygen atoms in total. The van der Waals surface area contributed by atoms with Crippen LogP contribution in [0.4, 0.5) is 0 Å². The molecule has 1 unspecified atom stereocenters. The minimum absolute atomic E-state index is 0.440. The van der Waals surface area contributed by atoms with Crippen LogP contribution >= 0.6 is 0 Å². The lowest BCUT2D eigenvalue weighted by Crippen LogP contribution is -2.46. The number of carboxylic acid groups (broad SMARTS) is 1. The molecule has 16 heavy (non-hydrogen) atoms. The summed E-state index contributed by atoms with van der Waals surface area (Å²) in [6.07, 6.45) is 2.09. The molecular formula is C13H17NO2. The van der Waals surface area contributed by atoms with Crippen LogP contribution in [0.2, 0.25) is 0 Å². The number of rotatable bonds is 4. The Hall–Kier alpha value is -1.35. The van der Waals surface area contributed by atoms with E-state index < -0.39 is 5.97 Å². The van der Waals surface area contributed by atoms with Crippen molar-refractivity contribution in [2.24, 2.45) is 0 Å². The summed E-state index contributed by atoms with van der Waals surface area (Å²) in [5.74, 6) is -0.827. The van der Waals surface area contributed by atoms with Gasteiger partial charge in [-0.05, 0) is 37.9 Å². The number of hydrogen-bond donors (Lipinski definition) is 1. The second kappa shape index (κ2) is 4.66. The molecule has 0 aromatic heterocycles. The van der Waals surface area contributed by atoms with E-state index in [1.807, 2.05) is 12.1 Å². The molecule has 0 radical (unpaired) electrons. The van der Waals surface area contributed by atoms with Crippen LogP contribution < -0.4 is 0 Å². The van der Waals surface area contributed by atoms with Crippen LogP contribution in [-0.2, 0) is 6.42 Å². The monoisotopic (exact) mass is 219 g/mol. The predicted molar refractivity (Wildman–Crippen MR) is 62.8 cm³/mol. The summed E-state index contributed by atoms with van der Waals surface area (Å²) < 4.78 is 0. The Balaban J connectivity index is 2.00. The van der Waals surface area contributed by atoms with Crippen LogP contribution in [0.15, 0.2) is 24.3 Å². The van der Waals surface area contributed by atoms with Crippen molar-refractivity contribution in [3.63, 3.8) is 0 Å². The van der Waals surface area contributed by atoms with Gasteiger partial charge in [0.25, 0.3) is 0 Å². The highest BCUT2D eigenvalue weighted by molar-refractivity contribution is 5.89. The molecule has 0 bridgehead atoms. The fourth-order valence-corrected chi connectivity index (χ4v) is 2.11. The van der Waals surface area contributed by atoms with Crippen molar-refractivity contribution in [3.8, 4) is 0 Å². The van der Waals surface area contributed by atoms with E-state index in [1.165, 1.54) is 6.42 Å². The first kappa shape index (κ1) is 11.1. The van der Waals surface area contributed by atoms with Crippen LogP contribution in [0.3, 0.4) is 0 Å². The van der Waals surface area contributed by atoms with Crippen molar-refractivity contribution in [2.75, 3.05) is 13.1 Å². The number of aromatic carboxylic acids is 1. The van der Waals surface area contributed by atoms with Crippen LogP contribution in [-0.4, -0.2) is 35.1 Å². The summed E-state index contributed by atoms with van der Waals surface area (Å²) >= 11 is 0.